The second-order valence-corrected chi connectivity index (χ2v) is 17.1. The fourth-order valence-corrected chi connectivity index (χ4v) is 8.75. The number of likely N-dealkylation sites (N-methyl/N-ethyl adjacent to an activating group) is 1. The summed E-state index contributed by atoms with van der Waals surface area (Å²) < 4.78 is 4.79. The third kappa shape index (κ3) is 11.9. The Balaban J connectivity index is 1.25. The van der Waals surface area contributed by atoms with Crippen molar-refractivity contribution in [1.29, 1.82) is 0 Å². The quantitative estimate of drug-likeness (QED) is 0.0798. The zero-order valence-corrected chi connectivity index (χ0v) is 36.0. The number of ether oxygens (including phenoxy) is 1. The summed E-state index contributed by atoms with van der Waals surface area (Å²) in [5.41, 5.74) is 5.24. The van der Waals surface area contributed by atoms with E-state index in [0.29, 0.717) is 47.0 Å². The number of hydrogen-bond acceptors (Lipinski definition) is 8. The van der Waals surface area contributed by atoms with Gasteiger partial charge in [0.2, 0.25) is 5.91 Å². The number of carboxylic acids is 1. The van der Waals surface area contributed by atoms with Gasteiger partial charge in [0.1, 0.15) is 5.00 Å². The molecule has 1 aromatic heterocycles. The molecule has 1 aliphatic rings. The molecule has 0 bridgehead atoms. The van der Waals surface area contributed by atoms with Crippen molar-refractivity contribution in [2.24, 2.45) is 5.41 Å². The highest BCUT2D eigenvalue weighted by Crippen LogP contribution is 2.39. The van der Waals surface area contributed by atoms with Gasteiger partial charge < -0.3 is 25.4 Å². The number of fused-ring (bicyclic) bond motifs is 1. The summed E-state index contributed by atoms with van der Waals surface area (Å²) in [4.78, 5) is 69.2. The van der Waals surface area contributed by atoms with Crippen LogP contribution in [0.1, 0.15) is 118 Å². The number of carbonyl (C=O) groups is 5. The fraction of sp³-hybridized carbons (Fsp3) is 0.426. The van der Waals surface area contributed by atoms with Crippen molar-refractivity contribution in [2.75, 3.05) is 37.9 Å². The number of carboxylic acid groups (broad SMARTS) is 1. The fourth-order valence-electron chi connectivity index (χ4n) is 7.46. The molecule has 1 heterocycles. The molecule has 0 fully saturated rings. The lowest BCUT2D eigenvalue weighted by Crippen LogP contribution is -2.42. The molecule has 1 aliphatic carbocycles. The van der Waals surface area contributed by atoms with Crippen LogP contribution in [0.2, 0.25) is 0 Å². The number of aliphatic carboxylic acids is 1. The zero-order chi connectivity index (χ0) is 42.7. The molecule has 0 radical (unpaired) electrons. The number of thiophene rings is 1. The number of nitrogens with zero attached hydrogens (tertiary/aromatic N) is 2. The summed E-state index contributed by atoms with van der Waals surface area (Å²) in [5, 5.41) is 16.2. The van der Waals surface area contributed by atoms with Crippen LogP contribution in [0.25, 0.3) is 0 Å². The Kier molecular flexibility index (Phi) is 15.6. The molecule has 0 aliphatic heterocycles. The SMILES string of the molecule is CCC(CC)N(CCN(C)C(=O)CC(C)(C)C(=O)O)Cc1cccc(C(=O)Nc2sc3c(c2C(=O)Nc2ccc(CCc4ccc(C(=O)OC)cc4)cc2)CCCC3)c1. The van der Waals surface area contributed by atoms with Crippen LogP contribution in [0.5, 0.6) is 0 Å². The predicted octanol–water partition coefficient (Wildman–Crippen LogP) is 8.65. The zero-order valence-electron chi connectivity index (χ0n) is 35.2. The number of nitrogens with one attached hydrogen (secondary N) is 2. The van der Waals surface area contributed by atoms with E-state index < -0.39 is 11.4 Å². The number of carbonyl (C=O) groups excluding carboxylic acids is 4. The molecule has 4 aromatic rings. The molecular formula is C47H58N4O7S. The van der Waals surface area contributed by atoms with Crippen LogP contribution >= 0.6 is 11.3 Å². The third-order valence-corrected chi connectivity index (χ3v) is 12.5. The molecule has 0 spiro atoms. The first-order valence-electron chi connectivity index (χ1n) is 20.6. The van der Waals surface area contributed by atoms with Crippen molar-refractivity contribution in [1.82, 2.24) is 9.80 Å². The number of anilines is 2. The average Bonchev–Trinajstić information content (AvgIpc) is 3.60. The highest BCUT2D eigenvalue weighted by atomic mass is 32.1. The van der Waals surface area contributed by atoms with E-state index in [0.717, 1.165) is 78.5 Å². The lowest BCUT2D eigenvalue weighted by Gasteiger charge is -2.32. The van der Waals surface area contributed by atoms with E-state index in [1.807, 2.05) is 54.6 Å². The van der Waals surface area contributed by atoms with E-state index in [-0.39, 0.29) is 36.2 Å². The normalized spacial score (nSPS) is 12.5. The second kappa shape index (κ2) is 20.6. The molecule has 5 rings (SSSR count). The lowest BCUT2D eigenvalue weighted by atomic mass is 9.89. The Morgan fingerprint density at radius 1 is 0.814 bits per heavy atom. The Morgan fingerprint density at radius 3 is 2.08 bits per heavy atom. The Hall–Kier alpha value is -5.33. The number of aryl methyl sites for hydroxylation is 3. The van der Waals surface area contributed by atoms with Gasteiger partial charge in [0, 0.05) is 55.3 Å². The van der Waals surface area contributed by atoms with Gasteiger partial charge in [-0.3, -0.25) is 24.1 Å². The Morgan fingerprint density at radius 2 is 1.46 bits per heavy atom. The molecule has 3 amide bonds. The molecule has 0 saturated carbocycles. The number of amides is 3. The van der Waals surface area contributed by atoms with Crippen LogP contribution in [0, 0.1) is 5.41 Å². The van der Waals surface area contributed by atoms with Gasteiger partial charge in [-0.2, -0.15) is 0 Å². The van der Waals surface area contributed by atoms with Crippen LogP contribution in [-0.2, 0) is 46.6 Å². The van der Waals surface area contributed by atoms with Gasteiger partial charge in [0.05, 0.1) is 23.7 Å². The van der Waals surface area contributed by atoms with Crippen molar-refractivity contribution in [3.63, 3.8) is 0 Å². The number of esters is 1. The summed E-state index contributed by atoms with van der Waals surface area (Å²) in [5.74, 6) is -2.11. The van der Waals surface area contributed by atoms with Crippen LogP contribution in [-0.4, -0.2) is 77.9 Å². The first-order chi connectivity index (χ1) is 28.2. The van der Waals surface area contributed by atoms with Crippen molar-refractivity contribution in [3.8, 4) is 0 Å². The molecule has 0 atom stereocenters. The van der Waals surface area contributed by atoms with E-state index >= 15 is 0 Å². The highest BCUT2D eigenvalue weighted by molar-refractivity contribution is 7.17. The molecule has 11 nitrogen and oxygen atoms in total. The molecular weight excluding hydrogens is 765 g/mol. The maximum atomic E-state index is 14.0. The van der Waals surface area contributed by atoms with Crippen LogP contribution in [0.15, 0.2) is 72.8 Å². The molecule has 0 unspecified atom stereocenters. The van der Waals surface area contributed by atoms with E-state index in [1.165, 1.54) is 18.4 Å². The van der Waals surface area contributed by atoms with Gasteiger partial charge in [-0.1, -0.05) is 50.2 Å². The second-order valence-electron chi connectivity index (χ2n) is 16.0. The number of rotatable bonds is 19. The van der Waals surface area contributed by atoms with Crippen molar-refractivity contribution in [2.45, 2.75) is 98.1 Å². The Bertz CT molecular complexity index is 2110. The lowest BCUT2D eigenvalue weighted by molar-refractivity contribution is -0.151. The molecule has 3 N–H and O–H groups in total. The van der Waals surface area contributed by atoms with Crippen LogP contribution < -0.4 is 10.6 Å². The van der Waals surface area contributed by atoms with Gasteiger partial charge in [-0.15, -0.1) is 11.3 Å². The van der Waals surface area contributed by atoms with Crippen LogP contribution in [0.3, 0.4) is 0 Å². The summed E-state index contributed by atoms with van der Waals surface area (Å²) >= 11 is 1.48. The van der Waals surface area contributed by atoms with Crippen LogP contribution in [0.4, 0.5) is 10.7 Å². The minimum Gasteiger partial charge on any atom is -0.481 e. The van der Waals surface area contributed by atoms with Gasteiger partial charge in [-0.25, -0.2) is 4.79 Å². The first kappa shape index (κ1) is 44.8. The minimum absolute atomic E-state index is 0.0791. The first-order valence-corrected chi connectivity index (χ1v) is 21.4. The smallest absolute Gasteiger partial charge is 0.337 e. The van der Waals surface area contributed by atoms with E-state index in [1.54, 1.807) is 44.0 Å². The number of methoxy groups -OCH3 is 1. The van der Waals surface area contributed by atoms with E-state index in [9.17, 15) is 29.1 Å². The summed E-state index contributed by atoms with van der Waals surface area (Å²) in [6.45, 7) is 9.00. The molecule has 3 aromatic carbocycles. The monoisotopic (exact) mass is 822 g/mol. The van der Waals surface area contributed by atoms with Crippen molar-refractivity contribution < 1.29 is 33.8 Å². The van der Waals surface area contributed by atoms with Crippen molar-refractivity contribution in [3.05, 3.63) is 117 Å². The largest absolute Gasteiger partial charge is 0.481 e. The predicted molar refractivity (Wildman–Crippen MR) is 233 cm³/mol. The maximum absolute atomic E-state index is 14.0. The summed E-state index contributed by atoms with van der Waals surface area (Å²) in [7, 11) is 3.08. The average molecular weight is 823 g/mol. The van der Waals surface area contributed by atoms with E-state index in [4.69, 9.17) is 4.74 Å². The number of benzene rings is 3. The molecule has 0 saturated heterocycles. The highest BCUT2D eigenvalue weighted by Gasteiger charge is 2.32. The Labute approximate surface area is 352 Å². The minimum atomic E-state index is -1.15. The molecule has 12 heteroatoms. The maximum Gasteiger partial charge on any atom is 0.337 e. The number of hydrogen-bond donors (Lipinski definition) is 3. The van der Waals surface area contributed by atoms with Gasteiger partial charge in [-0.05, 0) is 124 Å². The topological polar surface area (TPSA) is 145 Å². The summed E-state index contributed by atoms with van der Waals surface area (Å²) in [6.07, 6.45) is 7.01. The van der Waals surface area contributed by atoms with Gasteiger partial charge >= 0.3 is 11.9 Å². The van der Waals surface area contributed by atoms with Gasteiger partial charge in [0.25, 0.3) is 11.8 Å². The standard InChI is InChI=1S/C47H58N4O7S/c1-7-37(8-2)51(27-26-50(5)40(52)29-47(3,4)46(56)57)30-33-12-11-13-35(28-33)42(53)49-44-41(38-14-9-10-15-39(38)59-44)43(54)48-36-24-20-32(21-25-36)17-16-31-18-22-34(23-19-31)45(55)58-6/h11-13,18-25,28,37H,7-10,14-17,26-27,29-30H2,1-6H3,(H,48,54)(H,49,53)(H,56,57). The van der Waals surface area contributed by atoms with E-state index in [2.05, 4.69) is 29.4 Å². The molecule has 314 valence electrons. The summed E-state index contributed by atoms with van der Waals surface area (Å²) in [6, 6.07) is 23.0. The van der Waals surface area contributed by atoms with Crippen molar-refractivity contribution >= 4 is 51.7 Å². The van der Waals surface area contributed by atoms with Gasteiger partial charge in [0.15, 0.2) is 0 Å². The third-order valence-electron chi connectivity index (χ3n) is 11.3. The molecule has 59 heavy (non-hydrogen) atoms.